The Labute approximate surface area is 115 Å². The van der Waals surface area contributed by atoms with E-state index in [4.69, 9.17) is 11.6 Å². The van der Waals surface area contributed by atoms with Gasteiger partial charge in [0.15, 0.2) is 5.82 Å². The lowest BCUT2D eigenvalue weighted by Gasteiger charge is -2.02. The summed E-state index contributed by atoms with van der Waals surface area (Å²) in [7, 11) is 0. The van der Waals surface area contributed by atoms with Gasteiger partial charge in [-0.25, -0.2) is 0 Å². The van der Waals surface area contributed by atoms with E-state index in [0.29, 0.717) is 10.8 Å². The molecule has 92 valence electrons. The highest BCUT2D eigenvalue weighted by Gasteiger charge is 2.06. The van der Waals surface area contributed by atoms with Gasteiger partial charge in [0.1, 0.15) is 5.52 Å². The van der Waals surface area contributed by atoms with Crippen LogP contribution in [0.3, 0.4) is 0 Å². The molecule has 3 rings (SSSR count). The molecule has 2 N–H and O–H groups in total. The molecule has 0 atom stereocenters. The van der Waals surface area contributed by atoms with Gasteiger partial charge in [0, 0.05) is 16.9 Å². The van der Waals surface area contributed by atoms with Gasteiger partial charge >= 0.3 is 0 Å². The first-order chi connectivity index (χ1) is 8.33. The normalized spacial score (nSPS) is 10.1. The van der Waals surface area contributed by atoms with E-state index < -0.39 is 0 Å². The van der Waals surface area contributed by atoms with Crippen molar-refractivity contribution in [2.45, 2.75) is 0 Å². The Morgan fingerprint density at radius 1 is 1.17 bits per heavy atom. The van der Waals surface area contributed by atoms with E-state index in [9.17, 15) is 0 Å². The Bertz CT molecular complexity index is 666. The number of halogens is 2. The van der Waals surface area contributed by atoms with Crippen molar-refractivity contribution in [3.63, 3.8) is 0 Å². The quantitative estimate of drug-likeness (QED) is 0.751. The molecule has 0 saturated heterocycles. The molecule has 3 aromatic rings. The molecule has 0 unspecified atom stereocenters. The molecule has 2 heterocycles. The van der Waals surface area contributed by atoms with Crippen molar-refractivity contribution in [1.82, 2.24) is 15.2 Å². The molecule has 1 aromatic carbocycles. The van der Waals surface area contributed by atoms with Gasteiger partial charge in [-0.2, -0.15) is 5.10 Å². The molecule has 0 bridgehead atoms. The van der Waals surface area contributed by atoms with Gasteiger partial charge in [-0.3, -0.25) is 10.1 Å². The lowest BCUT2D eigenvalue weighted by Crippen LogP contribution is -1.91. The topological polar surface area (TPSA) is 53.6 Å². The Hall–Kier alpha value is -1.78. The van der Waals surface area contributed by atoms with Crippen LogP contribution in [0.2, 0.25) is 5.02 Å². The van der Waals surface area contributed by atoms with Crippen LogP contribution in [0.4, 0.5) is 11.5 Å². The zero-order valence-electron chi connectivity index (χ0n) is 9.22. The van der Waals surface area contributed by atoms with Crippen LogP contribution in [0.1, 0.15) is 0 Å². The summed E-state index contributed by atoms with van der Waals surface area (Å²) in [5, 5.41) is 11.0. The number of benzene rings is 1. The van der Waals surface area contributed by atoms with E-state index in [1.165, 1.54) is 0 Å². The summed E-state index contributed by atoms with van der Waals surface area (Å²) in [6.07, 6.45) is 1.74. The van der Waals surface area contributed by atoms with Crippen molar-refractivity contribution in [3.05, 3.63) is 47.6 Å². The van der Waals surface area contributed by atoms with E-state index in [-0.39, 0.29) is 12.4 Å². The first kappa shape index (κ1) is 12.7. The van der Waals surface area contributed by atoms with Crippen molar-refractivity contribution in [2.75, 3.05) is 5.32 Å². The van der Waals surface area contributed by atoms with E-state index in [2.05, 4.69) is 20.5 Å². The highest BCUT2D eigenvalue weighted by Crippen LogP contribution is 2.23. The molecule has 18 heavy (non-hydrogen) atoms. The minimum Gasteiger partial charge on any atom is -0.337 e. The second kappa shape index (κ2) is 5.25. The number of anilines is 2. The number of aromatic nitrogens is 3. The number of nitrogens with zero attached hydrogens (tertiary/aromatic N) is 2. The molecule has 0 aliphatic carbocycles. The molecular weight excluding hydrogens is 271 g/mol. The van der Waals surface area contributed by atoms with Gasteiger partial charge in [-0.15, -0.1) is 12.4 Å². The largest absolute Gasteiger partial charge is 0.337 e. The summed E-state index contributed by atoms with van der Waals surface area (Å²) < 4.78 is 0. The highest BCUT2D eigenvalue weighted by molar-refractivity contribution is 6.30. The molecule has 0 amide bonds. The smallest absolute Gasteiger partial charge is 0.178 e. The molecular formula is C12H10Cl2N4. The number of pyridine rings is 1. The van der Waals surface area contributed by atoms with Gasteiger partial charge in [-0.05, 0) is 30.3 Å². The summed E-state index contributed by atoms with van der Waals surface area (Å²) in [5.41, 5.74) is 2.60. The minimum absolute atomic E-state index is 0. The van der Waals surface area contributed by atoms with Crippen molar-refractivity contribution in [2.24, 2.45) is 0 Å². The predicted molar refractivity (Wildman–Crippen MR) is 75.9 cm³/mol. The SMILES string of the molecule is Cl.Clc1cccc(Nc2n[nH]c3cccnc23)c1. The number of hydrogen-bond donors (Lipinski definition) is 2. The van der Waals surface area contributed by atoms with Crippen LogP contribution in [0.25, 0.3) is 11.0 Å². The fraction of sp³-hybridized carbons (Fsp3) is 0. The van der Waals surface area contributed by atoms with Crippen molar-refractivity contribution in [1.29, 1.82) is 0 Å². The molecule has 0 saturated carbocycles. The van der Waals surface area contributed by atoms with E-state index in [1.807, 2.05) is 36.4 Å². The Morgan fingerprint density at radius 3 is 2.89 bits per heavy atom. The van der Waals surface area contributed by atoms with E-state index in [1.54, 1.807) is 6.20 Å². The third kappa shape index (κ3) is 2.39. The van der Waals surface area contributed by atoms with Crippen LogP contribution in [-0.4, -0.2) is 15.2 Å². The third-order valence-electron chi connectivity index (χ3n) is 2.41. The fourth-order valence-corrected chi connectivity index (χ4v) is 1.83. The van der Waals surface area contributed by atoms with Crippen LogP contribution >= 0.6 is 24.0 Å². The zero-order chi connectivity index (χ0) is 11.7. The van der Waals surface area contributed by atoms with E-state index in [0.717, 1.165) is 16.7 Å². The lowest BCUT2D eigenvalue weighted by molar-refractivity contribution is 1.12. The molecule has 6 heteroatoms. The van der Waals surface area contributed by atoms with Gasteiger partial charge < -0.3 is 5.32 Å². The number of fused-ring (bicyclic) bond motifs is 1. The first-order valence-corrected chi connectivity index (χ1v) is 5.52. The molecule has 2 aromatic heterocycles. The average molecular weight is 281 g/mol. The van der Waals surface area contributed by atoms with Crippen LogP contribution in [-0.2, 0) is 0 Å². The van der Waals surface area contributed by atoms with Crippen LogP contribution < -0.4 is 5.32 Å². The lowest BCUT2D eigenvalue weighted by atomic mass is 10.3. The summed E-state index contributed by atoms with van der Waals surface area (Å²) in [6.45, 7) is 0. The van der Waals surface area contributed by atoms with Gasteiger partial charge in [0.25, 0.3) is 0 Å². The number of rotatable bonds is 2. The number of aromatic amines is 1. The zero-order valence-corrected chi connectivity index (χ0v) is 10.8. The Balaban J connectivity index is 0.00000120. The average Bonchev–Trinajstić information content (AvgIpc) is 2.73. The van der Waals surface area contributed by atoms with Crippen LogP contribution in [0.5, 0.6) is 0 Å². The maximum atomic E-state index is 5.92. The summed E-state index contributed by atoms with van der Waals surface area (Å²) in [6, 6.07) is 11.3. The van der Waals surface area contributed by atoms with Crippen molar-refractivity contribution < 1.29 is 0 Å². The number of nitrogens with one attached hydrogen (secondary N) is 2. The summed E-state index contributed by atoms with van der Waals surface area (Å²) in [5.74, 6) is 0.697. The predicted octanol–water partition coefficient (Wildman–Crippen LogP) is 3.78. The molecule has 0 spiro atoms. The molecule has 4 nitrogen and oxygen atoms in total. The molecule has 0 aliphatic rings. The monoisotopic (exact) mass is 280 g/mol. The fourth-order valence-electron chi connectivity index (χ4n) is 1.64. The van der Waals surface area contributed by atoms with Crippen LogP contribution in [0, 0.1) is 0 Å². The summed E-state index contributed by atoms with van der Waals surface area (Å²) in [4.78, 5) is 4.27. The maximum Gasteiger partial charge on any atom is 0.178 e. The molecule has 0 radical (unpaired) electrons. The van der Waals surface area contributed by atoms with Crippen molar-refractivity contribution in [3.8, 4) is 0 Å². The standard InChI is InChI=1S/C12H9ClN4.ClH/c13-8-3-1-4-9(7-8)15-12-11-10(16-17-12)5-2-6-14-11;/h1-7H,(H2,15,16,17);1H. The van der Waals surface area contributed by atoms with Crippen LogP contribution in [0.15, 0.2) is 42.6 Å². The second-order valence-electron chi connectivity index (χ2n) is 3.61. The van der Waals surface area contributed by atoms with Crippen molar-refractivity contribution >= 4 is 46.5 Å². The Morgan fingerprint density at radius 2 is 2.06 bits per heavy atom. The highest BCUT2D eigenvalue weighted by atomic mass is 35.5. The third-order valence-corrected chi connectivity index (χ3v) is 2.64. The second-order valence-corrected chi connectivity index (χ2v) is 4.04. The Kier molecular flexibility index (Phi) is 3.69. The summed E-state index contributed by atoms with van der Waals surface area (Å²) >= 11 is 5.92. The number of H-pyrrole nitrogens is 1. The maximum absolute atomic E-state index is 5.92. The molecule has 0 fully saturated rings. The van der Waals surface area contributed by atoms with Gasteiger partial charge in [0.05, 0.1) is 5.52 Å². The number of hydrogen-bond acceptors (Lipinski definition) is 3. The van der Waals surface area contributed by atoms with Gasteiger partial charge in [0.2, 0.25) is 0 Å². The molecule has 0 aliphatic heterocycles. The minimum atomic E-state index is 0. The first-order valence-electron chi connectivity index (χ1n) is 5.14. The van der Waals surface area contributed by atoms with E-state index >= 15 is 0 Å². The van der Waals surface area contributed by atoms with Gasteiger partial charge in [-0.1, -0.05) is 17.7 Å².